The van der Waals surface area contributed by atoms with Gasteiger partial charge in [0.2, 0.25) is 17.6 Å². The van der Waals surface area contributed by atoms with E-state index in [1.54, 1.807) is 11.3 Å². The molecule has 0 aliphatic rings. The van der Waals surface area contributed by atoms with Crippen LogP contribution in [0.1, 0.15) is 24.3 Å². The van der Waals surface area contributed by atoms with E-state index in [-0.39, 0.29) is 18.3 Å². The van der Waals surface area contributed by atoms with Crippen LogP contribution in [-0.2, 0) is 17.6 Å². The molecule has 3 aromatic rings. The fraction of sp³-hybridized carbons (Fsp3) is 0.278. The van der Waals surface area contributed by atoms with Gasteiger partial charge in [-0.1, -0.05) is 23.4 Å². The van der Waals surface area contributed by atoms with Crippen LogP contribution >= 0.6 is 23.7 Å². The highest BCUT2D eigenvalue weighted by Crippen LogP contribution is 2.21. The lowest BCUT2D eigenvalue weighted by Gasteiger charge is -2.05. The van der Waals surface area contributed by atoms with E-state index in [0.29, 0.717) is 37.5 Å². The van der Waals surface area contributed by atoms with Gasteiger partial charge in [-0.3, -0.25) is 4.79 Å². The molecule has 26 heavy (non-hydrogen) atoms. The minimum Gasteiger partial charge on any atom is -0.399 e. The monoisotopic (exact) mass is 392 g/mol. The van der Waals surface area contributed by atoms with Crippen LogP contribution in [0.3, 0.4) is 0 Å². The molecule has 1 aromatic carbocycles. The Balaban J connectivity index is 0.00000243. The summed E-state index contributed by atoms with van der Waals surface area (Å²) < 4.78 is 5.22. The number of rotatable bonds is 8. The van der Waals surface area contributed by atoms with Crippen LogP contribution in [0.2, 0.25) is 0 Å². The van der Waals surface area contributed by atoms with Gasteiger partial charge >= 0.3 is 0 Å². The maximum atomic E-state index is 11.9. The molecule has 0 radical (unpaired) electrons. The van der Waals surface area contributed by atoms with E-state index in [2.05, 4.69) is 15.5 Å². The fourth-order valence-electron chi connectivity index (χ4n) is 2.38. The molecule has 0 saturated heterocycles. The fourth-order valence-corrected chi connectivity index (χ4v) is 3.03. The lowest BCUT2D eigenvalue weighted by atomic mass is 10.1. The van der Waals surface area contributed by atoms with E-state index in [4.69, 9.17) is 10.3 Å². The van der Waals surface area contributed by atoms with E-state index in [1.165, 1.54) is 0 Å². The Bertz CT molecular complexity index is 803. The number of carbonyl (C=O) groups excluding carboxylic acids is 1. The smallest absolute Gasteiger partial charge is 0.226 e. The van der Waals surface area contributed by atoms with Crippen LogP contribution in [0.4, 0.5) is 5.69 Å². The summed E-state index contributed by atoms with van der Waals surface area (Å²) in [7, 11) is 0. The number of nitrogens with zero attached hydrogens (tertiary/aromatic N) is 2. The van der Waals surface area contributed by atoms with Gasteiger partial charge in [-0.15, -0.1) is 23.7 Å². The van der Waals surface area contributed by atoms with Gasteiger partial charge in [0.05, 0.1) is 4.88 Å². The minimum absolute atomic E-state index is 0. The van der Waals surface area contributed by atoms with Crippen LogP contribution in [-0.4, -0.2) is 22.6 Å². The Morgan fingerprint density at radius 2 is 2.00 bits per heavy atom. The third kappa shape index (κ3) is 5.86. The number of hydrogen-bond acceptors (Lipinski definition) is 6. The van der Waals surface area contributed by atoms with E-state index >= 15 is 0 Å². The molecule has 8 heteroatoms. The summed E-state index contributed by atoms with van der Waals surface area (Å²) in [6.07, 6.45) is 2.52. The zero-order chi connectivity index (χ0) is 17.5. The largest absolute Gasteiger partial charge is 0.399 e. The van der Waals surface area contributed by atoms with Crippen molar-refractivity contribution in [3.8, 4) is 10.7 Å². The average molecular weight is 393 g/mol. The first-order valence-electron chi connectivity index (χ1n) is 8.18. The number of nitrogens with two attached hydrogens (primary N) is 1. The molecule has 0 bridgehead atoms. The maximum Gasteiger partial charge on any atom is 0.226 e. The second kappa shape index (κ2) is 9.94. The lowest BCUT2D eigenvalue weighted by molar-refractivity contribution is -0.121. The van der Waals surface area contributed by atoms with Crippen molar-refractivity contribution in [2.45, 2.75) is 25.7 Å². The third-order valence-electron chi connectivity index (χ3n) is 3.72. The molecule has 0 spiro atoms. The van der Waals surface area contributed by atoms with Gasteiger partial charge in [-0.25, -0.2) is 0 Å². The number of hydrogen-bond donors (Lipinski definition) is 2. The Morgan fingerprint density at radius 3 is 2.73 bits per heavy atom. The summed E-state index contributed by atoms with van der Waals surface area (Å²) in [4.78, 5) is 17.2. The molecule has 0 unspecified atom stereocenters. The standard InChI is InChI=1S/C18H20N4O2S.ClH/c19-14-8-6-13(7-9-14)10-11-20-16(23)4-1-5-17-21-18(22-24-17)15-3-2-12-25-15;/h2-3,6-9,12H,1,4-5,10-11,19H2,(H,20,23);1H. The van der Waals surface area contributed by atoms with Gasteiger partial charge < -0.3 is 15.6 Å². The summed E-state index contributed by atoms with van der Waals surface area (Å²) in [6.45, 7) is 0.617. The zero-order valence-electron chi connectivity index (χ0n) is 14.2. The minimum atomic E-state index is 0. The summed E-state index contributed by atoms with van der Waals surface area (Å²) in [5.41, 5.74) is 7.55. The molecule has 0 fully saturated rings. The number of nitrogens with one attached hydrogen (secondary N) is 1. The van der Waals surface area contributed by atoms with Crippen molar-refractivity contribution in [2.24, 2.45) is 0 Å². The first kappa shape index (κ1) is 19.9. The van der Waals surface area contributed by atoms with Crippen LogP contribution in [0.5, 0.6) is 0 Å². The Kier molecular flexibility index (Phi) is 7.62. The second-order valence-corrected chi connectivity index (χ2v) is 6.63. The van der Waals surface area contributed by atoms with Crippen molar-refractivity contribution in [3.63, 3.8) is 0 Å². The van der Waals surface area contributed by atoms with Crippen LogP contribution in [0.25, 0.3) is 10.7 Å². The Labute approximate surface area is 162 Å². The van der Waals surface area contributed by atoms with Crippen molar-refractivity contribution < 1.29 is 9.32 Å². The van der Waals surface area contributed by atoms with Gasteiger partial charge in [0.1, 0.15) is 0 Å². The molecular formula is C18H21ClN4O2S. The highest BCUT2D eigenvalue weighted by Gasteiger charge is 2.10. The molecule has 3 N–H and O–H groups in total. The van der Waals surface area contributed by atoms with Gasteiger partial charge in [0.15, 0.2) is 0 Å². The molecule has 2 heterocycles. The Hall–Kier alpha value is -2.38. The highest BCUT2D eigenvalue weighted by molar-refractivity contribution is 7.13. The van der Waals surface area contributed by atoms with Gasteiger partial charge in [-0.2, -0.15) is 4.98 Å². The highest BCUT2D eigenvalue weighted by atomic mass is 35.5. The molecule has 0 atom stereocenters. The van der Waals surface area contributed by atoms with Gasteiger partial charge in [-0.05, 0) is 42.0 Å². The molecule has 0 aliphatic carbocycles. The predicted molar refractivity (Wildman–Crippen MR) is 105 cm³/mol. The van der Waals surface area contributed by atoms with Crippen molar-refractivity contribution in [3.05, 3.63) is 53.2 Å². The SMILES string of the molecule is Cl.Nc1ccc(CCNC(=O)CCCc2nc(-c3cccs3)no2)cc1. The normalized spacial score (nSPS) is 10.3. The number of aromatic nitrogens is 2. The predicted octanol–water partition coefficient (Wildman–Crippen LogP) is 3.48. The number of carbonyl (C=O) groups is 1. The van der Waals surface area contributed by atoms with Crippen LogP contribution in [0, 0.1) is 0 Å². The Morgan fingerprint density at radius 1 is 1.19 bits per heavy atom. The van der Waals surface area contributed by atoms with Gasteiger partial charge in [0, 0.05) is 25.1 Å². The van der Waals surface area contributed by atoms with E-state index in [9.17, 15) is 4.79 Å². The summed E-state index contributed by atoms with van der Waals surface area (Å²) in [5.74, 6) is 1.21. The molecule has 0 saturated carbocycles. The molecule has 2 aromatic heterocycles. The maximum absolute atomic E-state index is 11.9. The molecule has 3 rings (SSSR count). The van der Waals surface area contributed by atoms with Crippen LogP contribution < -0.4 is 11.1 Å². The summed E-state index contributed by atoms with van der Waals surface area (Å²) in [6, 6.07) is 11.6. The summed E-state index contributed by atoms with van der Waals surface area (Å²) in [5, 5.41) is 8.86. The zero-order valence-corrected chi connectivity index (χ0v) is 15.8. The quantitative estimate of drug-likeness (QED) is 0.572. The van der Waals surface area contributed by atoms with Gasteiger partial charge in [0.25, 0.3) is 0 Å². The number of aryl methyl sites for hydroxylation is 1. The van der Waals surface area contributed by atoms with E-state index in [0.717, 1.165) is 22.5 Å². The number of amides is 1. The van der Waals surface area contributed by atoms with E-state index < -0.39 is 0 Å². The first-order valence-corrected chi connectivity index (χ1v) is 9.06. The number of anilines is 1. The number of nitrogen functional groups attached to an aromatic ring is 1. The van der Waals surface area contributed by atoms with Crippen molar-refractivity contribution in [2.75, 3.05) is 12.3 Å². The molecular weight excluding hydrogens is 372 g/mol. The molecule has 138 valence electrons. The first-order chi connectivity index (χ1) is 12.2. The van der Waals surface area contributed by atoms with Crippen molar-refractivity contribution >= 4 is 35.3 Å². The third-order valence-corrected chi connectivity index (χ3v) is 4.59. The number of halogens is 1. The molecule has 1 amide bonds. The number of benzene rings is 1. The van der Waals surface area contributed by atoms with E-state index in [1.807, 2.05) is 41.8 Å². The second-order valence-electron chi connectivity index (χ2n) is 5.68. The topological polar surface area (TPSA) is 94.0 Å². The summed E-state index contributed by atoms with van der Waals surface area (Å²) >= 11 is 1.57. The molecule has 6 nitrogen and oxygen atoms in total. The lowest BCUT2D eigenvalue weighted by Crippen LogP contribution is -2.25. The molecule has 0 aliphatic heterocycles. The average Bonchev–Trinajstić information content (AvgIpc) is 3.28. The van der Waals surface area contributed by atoms with Crippen LogP contribution in [0.15, 0.2) is 46.3 Å². The van der Waals surface area contributed by atoms with Crippen molar-refractivity contribution in [1.82, 2.24) is 15.5 Å². The van der Waals surface area contributed by atoms with Crippen molar-refractivity contribution in [1.29, 1.82) is 0 Å². The number of thiophene rings is 1.